The molecule has 3 aromatic rings. The number of nitrogens with zero attached hydrogens (tertiary/aromatic N) is 4. The second-order valence-electron chi connectivity index (χ2n) is 6.58. The Morgan fingerprint density at radius 1 is 1.08 bits per heavy atom. The van der Waals surface area contributed by atoms with Crippen molar-refractivity contribution in [3.63, 3.8) is 0 Å². The minimum Gasteiger partial charge on any atom is -0.497 e. The quantitative estimate of drug-likeness (QED) is 0.729. The molecule has 1 amide bonds. The van der Waals surface area contributed by atoms with E-state index in [9.17, 15) is 4.79 Å². The smallest absolute Gasteiger partial charge is 0.274 e. The normalized spacial score (nSPS) is 14.7. The lowest BCUT2D eigenvalue weighted by Crippen LogP contribution is -2.48. The molecule has 3 heterocycles. The molecule has 1 aromatic carbocycles. The number of ether oxygens (including phenoxy) is 1. The van der Waals surface area contributed by atoms with Gasteiger partial charge in [-0.3, -0.25) is 4.79 Å². The molecule has 1 aliphatic rings. The van der Waals surface area contributed by atoms with Crippen molar-refractivity contribution in [2.75, 3.05) is 38.2 Å². The van der Waals surface area contributed by atoms with Crippen LogP contribution < -0.4 is 9.64 Å². The Bertz CT molecular complexity index is 942. The summed E-state index contributed by atoms with van der Waals surface area (Å²) in [6.07, 6.45) is 3.80. The van der Waals surface area contributed by atoms with Crippen molar-refractivity contribution in [2.45, 2.75) is 6.92 Å². The first kappa shape index (κ1) is 16.4. The zero-order valence-corrected chi connectivity index (χ0v) is 15.1. The van der Waals surface area contributed by atoms with Crippen molar-refractivity contribution in [3.05, 3.63) is 60.0 Å². The van der Waals surface area contributed by atoms with Gasteiger partial charge in [0.05, 0.1) is 7.11 Å². The zero-order valence-electron chi connectivity index (χ0n) is 15.1. The van der Waals surface area contributed by atoms with Crippen molar-refractivity contribution in [1.29, 1.82) is 0 Å². The number of hydrogen-bond acceptors (Lipinski definition) is 4. The van der Waals surface area contributed by atoms with Gasteiger partial charge in [0.25, 0.3) is 5.91 Å². The van der Waals surface area contributed by atoms with E-state index in [2.05, 4.69) is 16.0 Å². The molecule has 0 spiro atoms. The summed E-state index contributed by atoms with van der Waals surface area (Å²) in [4.78, 5) is 21.4. The molecule has 0 aliphatic carbocycles. The predicted molar refractivity (Wildman–Crippen MR) is 101 cm³/mol. The number of imidazole rings is 1. The molecule has 0 bridgehead atoms. The average molecular weight is 350 g/mol. The Kier molecular flexibility index (Phi) is 4.24. The number of fused-ring (bicyclic) bond motifs is 1. The number of anilines is 1. The topological polar surface area (TPSA) is 50.1 Å². The summed E-state index contributed by atoms with van der Waals surface area (Å²) in [5.74, 6) is 0.845. The number of hydrogen-bond donors (Lipinski definition) is 0. The van der Waals surface area contributed by atoms with Gasteiger partial charge < -0.3 is 18.9 Å². The first-order valence-electron chi connectivity index (χ1n) is 8.78. The van der Waals surface area contributed by atoms with Crippen LogP contribution in [0, 0.1) is 6.92 Å². The Morgan fingerprint density at radius 2 is 1.88 bits per heavy atom. The fourth-order valence-corrected chi connectivity index (χ4v) is 3.34. The van der Waals surface area contributed by atoms with Crippen molar-refractivity contribution in [2.24, 2.45) is 0 Å². The van der Waals surface area contributed by atoms with Gasteiger partial charge in [0.15, 0.2) is 0 Å². The number of aromatic nitrogens is 2. The van der Waals surface area contributed by atoms with Gasteiger partial charge in [0.2, 0.25) is 0 Å². The van der Waals surface area contributed by atoms with Crippen LogP contribution in [0.5, 0.6) is 5.75 Å². The van der Waals surface area contributed by atoms with Gasteiger partial charge in [-0.2, -0.15) is 0 Å². The molecular formula is C20H22N4O2. The van der Waals surface area contributed by atoms with Crippen LogP contribution in [0.15, 0.2) is 48.8 Å². The highest BCUT2D eigenvalue weighted by Crippen LogP contribution is 2.22. The third kappa shape index (κ3) is 3.10. The van der Waals surface area contributed by atoms with Gasteiger partial charge in [-0.1, -0.05) is 12.1 Å². The van der Waals surface area contributed by atoms with E-state index in [4.69, 9.17) is 4.74 Å². The number of carbonyl (C=O) groups is 1. The van der Waals surface area contributed by atoms with Crippen molar-refractivity contribution >= 4 is 17.2 Å². The maximum atomic E-state index is 12.8. The molecule has 2 aromatic heterocycles. The largest absolute Gasteiger partial charge is 0.497 e. The molecule has 0 atom stereocenters. The zero-order chi connectivity index (χ0) is 18.1. The minimum absolute atomic E-state index is 0.00311. The Morgan fingerprint density at radius 3 is 2.65 bits per heavy atom. The average Bonchev–Trinajstić information content (AvgIpc) is 3.10. The SMILES string of the molecule is COc1cccc(N2CCN(C(=O)c3cn4cc(C)ccc4n3)CC2)c1. The van der Waals surface area contributed by atoms with E-state index in [1.54, 1.807) is 7.11 Å². The van der Waals surface area contributed by atoms with Gasteiger partial charge in [-0.05, 0) is 30.7 Å². The van der Waals surface area contributed by atoms with E-state index in [-0.39, 0.29) is 5.91 Å². The molecule has 4 rings (SSSR count). The van der Waals surface area contributed by atoms with E-state index in [0.29, 0.717) is 18.8 Å². The highest BCUT2D eigenvalue weighted by Gasteiger charge is 2.24. The highest BCUT2D eigenvalue weighted by molar-refractivity contribution is 5.93. The number of amides is 1. The second-order valence-corrected chi connectivity index (χ2v) is 6.58. The molecule has 0 N–H and O–H groups in total. The van der Waals surface area contributed by atoms with E-state index in [1.807, 2.05) is 58.9 Å². The summed E-state index contributed by atoms with van der Waals surface area (Å²) in [5, 5.41) is 0. The monoisotopic (exact) mass is 350 g/mol. The van der Waals surface area contributed by atoms with Crippen LogP contribution >= 0.6 is 0 Å². The summed E-state index contributed by atoms with van der Waals surface area (Å²) < 4.78 is 7.21. The van der Waals surface area contributed by atoms with Crippen molar-refractivity contribution < 1.29 is 9.53 Å². The van der Waals surface area contributed by atoms with Crippen LogP contribution in [0.25, 0.3) is 5.65 Å². The van der Waals surface area contributed by atoms with E-state index in [0.717, 1.165) is 35.7 Å². The first-order valence-corrected chi connectivity index (χ1v) is 8.78. The van der Waals surface area contributed by atoms with Crippen LogP contribution in [-0.2, 0) is 0 Å². The lowest BCUT2D eigenvalue weighted by Gasteiger charge is -2.35. The van der Waals surface area contributed by atoms with Gasteiger partial charge in [0, 0.05) is 50.3 Å². The summed E-state index contributed by atoms with van der Waals surface area (Å²) >= 11 is 0. The van der Waals surface area contributed by atoms with Crippen molar-refractivity contribution in [1.82, 2.24) is 14.3 Å². The molecule has 1 aliphatic heterocycles. The Labute approximate surface area is 152 Å². The Hall–Kier alpha value is -3.02. The number of methoxy groups -OCH3 is 1. The number of carbonyl (C=O) groups excluding carboxylic acids is 1. The highest BCUT2D eigenvalue weighted by atomic mass is 16.5. The van der Waals surface area contributed by atoms with Gasteiger partial charge in [-0.15, -0.1) is 0 Å². The van der Waals surface area contributed by atoms with Crippen LogP contribution in [-0.4, -0.2) is 53.5 Å². The Balaban J connectivity index is 1.45. The molecule has 26 heavy (non-hydrogen) atoms. The standard InChI is InChI=1S/C20H22N4O2/c1-15-6-7-19-21-18(14-24(19)13-15)20(25)23-10-8-22(9-11-23)16-4-3-5-17(12-16)26-2/h3-7,12-14H,8-11H2,1-2H3. The number of benzene rings is 1. The molecule has 1 fully saturated rings. The molecule has 6 heteroatoms. The third-order valence-electron chi connectivity index (χ3n) is 4.80. The summed E-state index contributed by atoms with van der Waals surface area (Å²) in [5.41, 5.74) is 3.57. The lowest BCUT2D eigenvalue weighted by molar-refractivity contribution is 0.0741. The molecule has 0 radical (unpaired) electrons. The maximum Gasteiger partial charge on any atom is 0.274 e. The maximum absolute atomic E-state index is 12.8. The first-order chi connectivity index (χ1) is 12.6. The predicted octanol–water partition coefficient (Wildman–Crippen LogP) is 2.61. The van der Waals surface area contributed by atoms with Crippen molar-refractivity contribution in [3.8, 4) is 5.75 Å². The van der Waals surface area contributed by atoms with E-state index in [1.165, 1.54) is 0 Å². The molecule has 0 unspecified atom stereocenters. The molecule has 1 saturated heterocycles. The molecule has 0 saturated carbocycles. The third-order valence-corrected chi connectivity index (χ3v) is 4.80. The fraction of sp³-hybridized carbons (Fsp3) is 0.300. The summed E-state index contributed by atoms with van der Waals surface area (Å²) in [6.45, 7) is 4.99. The molecule has 6 nitrogen and oxygen atoms in total. The number of aryl methyl sites for hydroxylation is 1. The van der Waals surface area contributed by atoms with E-state index >= 15 is 0 Å². The number of piperazine rings is 1. The summed E-state index contributed by atoms with van der Waals surface area (Å²) in [7, 11) is 1.67. The fourth-order valence-electron chi connectivity index (χ4n) is 3.34. The van der Waals surface area contributed by atoms with Crippen LogP contribution in [0.4, 0.5) is 5.69 Å². The van der Waals surface area contributed by atoms with Gasteiger partial charge in [0.1, 0.15) is 17.1 Å². The van der Waals surface area contributed by atoms with Gasteiger partial charge in [-0.25, -0.2) is 4.98 Å². The molecular weight excluding hydrogens is 328 g/mol. The van der Waals surface area contributed by atoms with Crippen LogP contribution in [0.1, 0.15) is 16.1 Å². The second kappa shape index (κ2) is 6.71. The number of rotatable bonds is 3. The van der Waals surface area contributed by atoms with Gasteiger partial charge >= 0.3 is 0 Å². The molecule has 134 valence electrons. The van der Waals surface area contributed by atoms with Crippen LogP contribution in [0.2, 0.25) is 0 Å². The number of pyridine rings is 1. The summed E-state index contributed by atoms with van der Waals surface area (Å²) in [6, 6.07) is 12.0. The van der Waals surface area contributed by atoms with Crippen LogP contribution in [0.3, 0.4) is 0 Å². The lowest BCUT2D eigenvalue weighted by atomic mass is 10.2. The van der Waals surface area contributed by atoms with E-state index < -0.39 is 0 Å². The minimum atomic E-state index is -0.00311.